The third kappa shape index (κ3) is 6.60. The molecule has 0 spiro atoms. The zero-order valence-corrected chi connectivity index (χ0v) is 26.1. The van der Waals surface area contributed by atoms with E-state index in [0.29, 0.717) is 36.8 Å². The first-order valence-electron chi connectivity index (χ1n) is 13.3. The van der Waals surface area contributed by atoms with E-state index in [1.807, 2.05) is 6.92 Å². The zero-order valence-electron chi connectivity index (χ0n) is 23.7. The van der Waals surface area contributed by atoms with Crippen molar-refractivity contribution in [2.24, 2.45) is 0 Å². The Morgan fingerprint density at radius 1 is 1.18 bits per heavy atom. The van der Waals surface area contributed by atoms with Crippen LogP contribution in [0.5, 0.6) is 0 Å². The molecule has 1 aliphatic heterocycles. The van der Waals surface area contributed by atoms with E-state index in [4.69, 9.17) is 23.2 Å². The second kappa shape index (κ2) is 12.5. The average molecular weight is 706 g/mol. The molecule has 2 aromatic heterocycles. The lowest BCUT2D eigenvalue weighted by Crippen LogP contribution is -2.54. The van der Waals surface area contributed by atoms with Crippen LogP contribution in [0.2, 0.25) is 10.0 Å². The van der Waals surface area contributed by atoms with Gasteiger partial charge in [0.1, 0.15) is 10.7 Å². The van der Waals surface area contributed by atoms with Gasteiger partial charge in [-0.15, -0.1) is 11.3 Å². The SMILES string of the molecule is C[C@H]1CCCCN1C(=O)c1nc(C(O)NCC(C)(C)c2noc(=O)[nH]2)sc1-c1ccc(C(O)(C(F)(F)F)C(F)(F)F)c(Cl)c1Cl. The highest BCUT2D eigenvalue weighted by Crippen LogP contribution is 2.54. The summed E-state index contributed by atoms with van der Waals surface area (Å²) in [6.45, 7) is 5.51. The molecule has 4 rings (SSSR count). The van der Waals surface area contributed by atoms with Crippen LogP contribution in [0.4, 0.5) is 26.3 Å². The molecule has 10 nitrogen and oxygen atoms in total. The number of hydrogen-bond acceptors (Lipinski definition) is 9. The Balaban J connectivity index is 1.79. The fourth-order valence-corrected chi connectivity index (χ4v) is 6.50. The molecule has 3 heterocycles. The van der Waals surface area contributed by atoms with Crippen molar-refractivity contribution in [3.63, 3.8) is 0 Å². The lowest BCUT2D eigenvalue weighted by molar-refractivity contribution is -0.376. The van der Waals surface area contributed by atoms with E-state index < -0.39 is 56.9 Å². The number of alkyl halides is 6. The quantitative estimate of drug-likeness (QED) is 0.173. The van der Waals surface area contributed by atoms with Gasteiger partial charge in [0.25, 0.3) is 11.5 Å². The smallest absolute Gasteiger partial charge is 0.372 e. The molecule has 4 N–H and O–H groups in total. The monoisotopic (exact) mass is 705 g/mol. The molecular formula is C26H27Cl2F6N5O5S. The Hall–Kier alpha value is -2.70. The van der Waals surface area contributed by atoms with Crippen molar-refractivity contribution in [1.29, 1.82) is 0 Å². The minimum Gasteiger partial charge on any atom is -0.372 e. The summed E-state index contributed by atoms with van der Waals surface area (Å²) in [4.78, 5) is 33.3. The maximum atomic E-state index is 13.7. The average Bonchev–Trinajstić information content (AvgIpc) is 3.59. The number of H-pyrrole nitrogens is 1. The summed E-state index contributed by atoms with van der Waals surface area (Å²) in [5.41, 5.74) is -8.50. The zero-order chi connectivity index (χ0) is 33.7. The van der Waals surface area contributed by atoms with E-state index in [1.54, 1.807) is 13.8 Å². The number of thiazole rings is 1. The molecule has 1 aromatic carbocycles. The van der Waals surface area contributed by atoms with Crippen LogP contribution in [0.15, 0.2) is 21.5 Å². The number of nitrogens with zero attached hydrogens (tertiary/aromatic N) is 3. The largest absolute Gasteiger partial charge is 0.438 e. The number of aromatic amines is 1. The molecule has 1 aliphatic rings. The Bertz CT molecular complexity index is 1610. The van der Waals surface area contributed by atoms with E-state index in [0.717, 1.165) is 12.5 Å². The summed E-state index contributed by atoms with van der Waals surface area (Å²) in [6.07, 6.45) is -11.8. The van der Waals surface area contributed by atoms with Crippen molar-refractivity contribution < 1.29 is 45.9 Å². The third-order valence-corrected chi connectivity index (χ3v) is 9.52. The predicted molar refractivity (Wildman–Crippen MR) is 151 cm³/mol. The highest BCUT2D eigenvalue weighted by atomic mass is 35.5. The lowest BCUT2D eigenvalue weighted by Gasteiger charge is -2.34. The van der Waals surface area contributed by atoms with Crippen LogP contribution in [-0.2, 0) is 11.0 Å². The molecule has 3 aromatic rings. The molecule has 1 fully saturated rings. The van der Waals surface area contributed by atoms with Gasteiger partial charge in [-0.3, -0.25) is 19.6 Å². The summed E-state index contributed by atoms with van der Waals surface area (Å²) in [6, 6.07) is 0.883. The van der Waals surface area contributed by atoms with E-state index in [1.165, 1.54) is 4.90 Å². The van der Waals surface area contributed by atoms with Crippen molar-refractivity contribution in [2.45, 2.75) is 75.7 Å². The third-order valence-electron chi connectivity index (χ3n) is 7.50. The van der Waals surface area contributed by atoms with E-state index in [2.05, 4.69) is 25.0 Å². The lowest BCUT2D eigenvalue weighted by atomic mass is 9.91. The fourth-order valence-electron chi connectivity index (χ4n) is 4.83. The molecule has 1 saturated heterocycles. The second-order valence-electron chi connectivity index (χ2n) is 11.2. The Labute approximate surface area is 265 Å². The number of likely N-dealkylation sites (tertiary alicyclic amines) is 1. The standard InChI is InChI=1S/C26H27Cl2F6N5O5S/c1-11-6-4-5-9-39(11)20(41)16-17(45-19(36-16)18(40)35-10-23(2,3)21-37-22(42)44-38-21)12-7-8-13(15(28)14(12)27)24(43,25(29,30)31)26(32,33)34/h7-8,11,18,35,40,43H,4-6,9-10H2,1-3H3,(H,37,38,42)/t11-,18?/m0/s1. The van der Waals surface area contributed by atoms with Crippen LogP contribution >= 0.6 is 34.5 Å². The van der Waals surface area contributed by atoms with Gasteiger partial charge in [0.05, 0.1) is 14.9 Å². The number of carbonyl (C=O) groups is 1. The molecular weight excluding hydrogens is 679 g/mol. The summed E-state index contributed by atoms with van der Waals surface area (Å²) in [7, 11) is 0. The normalized spacial score (nSPS) is 17.5. The molecule has 0 radical (unpaired) electrons. The number of nitrogens with one attached hydrogen (secondary N) is 2. The molecule has 1 unspecified atom stereocenters. The Morgan fingerprint density at radius 3 is 2.38 bits per heavy atom. The van der Waals surface area contributed by atoms with E-state index >= 15 is 0 Å². The Kier molecular flexibility index (Phi) is 9.75. The van der Waals surface area contributed by atoms with Gasteiger partial charge in [-0.1, -0.05) is 54.3 Å². The van der Waals surface area contributed by atoms with Gasteiger partial charge in [0, 0.05) is 35.7 Å². The number of halogens is 8. The predicted octanol–water partition coefficient (Wildman–Crippen LogP) is 5.68. The van der Waals surface area contributed by atoms with Gasteiger partial charge in [-0.25, -0.2) is 9.78 Å². The van der Waals surface area contributed by atoms with Crippen LogP contribution in [0, 0.1) is 0 Å². The number of amides is 1. The first-order chi connectivity index (χ1) is 20.7. The van der Waals surface area contributed by atoms with Crippen LogP contribution in [0.3, 0.4) is 0 Å². The van der Waals surface area contributed by atoms with Gasteiger partial charge in [-0.2, -0.15) is 26.3 Å². The number of hydrogen-bond donors (Lipinski definition) is 4. The number of rotatable bonds is 8. The van der Waals surface area contributed by atoms with Crippen molar-refractivity contribution in [3.8, 4) is 10.4 Å². The fraction of sp³-hybridized carbons (Fsp3) is 0.538. The topological polar surface area (TPSA) is 145 Å². The van der Waals surface area contributed by atoms with Crippen LogP contribution < -0.4 is 11.1 Å². The molecule has 1 amide bonds. The molecule has 19 heteroatoms. The van der Waals surface area contributed by atoms with Crippen LogP contribution in [0.1, 0.15) is 73.1 Å². The molecule has 2 atom stereocenters. The first kappa shape index (κ1) is 35.2. The first-order valence-corrected chi connectivity index (χ1v) is 14.9. The van der Waals surface area contributed by atoms with Crippen LogP contribution in [-0.4, -0.2) is 67.6 Å². The second-order valence-corrected chi connectivity index (χ2v) is 13.0. The van der Waals surface area contributed by atoms with Crippen LogP contribution in [0.25, 0.3) is 10.4 Å². The van der Waals surface area contributed by atoms with Crippen molar-refractivity contribution in [1.82, 2.24) is 25.3 Å². The van der Waals surface area contributed by atoms with Gasteiger partial charge >= 0.3 is 18.1 Å². The van der Waals surface area contributed by atoms with Gasteiger partial charge < -0.3 is 15.1 Å². The van der Waals surface area contributed by atoms with Gasteiger partial charge in [0.15, 0.2) is 12.1 Å². The maximum Gasteiger partial charge on any atom is 0.438 e. The van der Waals surface area contributed by atoms with Crippen molar-refractivity contribution in [2.75, 3.05) is 13.1 Å². The number of aliphatic hydroxyl groups excluding tert-OH is 1. The van der Waals surface area contributed by atoms with Crippen molar-refractivity contribution in [3.05, 3.63) is 54.8 Å². The number of aromatic nitrogens is 3. The number of carbonyl (C=O) groups excluding carboxylic acids is 1. The van der Waals surface area contributed by atoms with Gasteiger partial charge in [0.2, 0.25) is 0 Å². The maximum absolute atomic E-state index is 13.7. The summed E-state index contributed by atoms with van der Waals surface area (Å²) in [5.74, 6) is -1.23. The minimum atomic E-state index is -6.22. The molecule has 248 valence electrons. The molecule has 45 heavy (non-hydrogen) atoms. The Morgan fingerprint density at radius 2 is 1.82 bits per heavy atom. The molecule has 0 aliphatic carbocycles. The van der Waals surface area contributed by atoms with Gasteiger partial charge in [-0.05, 0) is 26.2 Å². The molecule has 0 bridgehead atoms. The molecule has 0 saturated carbocycles. The highest BCUT2D eigenvalue weighted by Gasteiger charge is 2.72. The van der Waals surface area contributed by atoms with Crippen molar-refractivity contribution >= 4 is 40.4 Å². The summed E-state index contributed by atoms with van der Waals surface area (Å²) in [5, 5.41) is 25.2. The number of benzene rings is 1. The summed E-state index contributed by atoms with van der Waals surface area (Å²) < 4.78 is 86.1. The van der Waals surface area contributed by atoms with E-state index in [-0.39, 0.29) is 39.6 Å². The highest BCUT2D eigenvalue weighted by molar-refractivity contribution is 7.15. The minimum absolute atomic E-state index is 0.00720. The summed E-state index contributed by atoms with van der Waals surface area (Å²) >= 11 is 12.9. The van der Waals surface area contributed by atoms with E-state index in [9.17, 15) is 46.1 Å². The number of aliphatic hydroxyl groups is 2. The number of piperidine rings is 1.